The first-order chi connectivity index (χ1) is 7.00. The van der Waals surface area contributed by atoms with Crippen LogP contribution in [0.4, 0.5) is 0 Å². The van der Waals surface area contributed by atoms with Crippen molar-refractivity contribution in [2.45, 2.75) is 45.1 Å². The molecule has 0 spiro atoms. The smallest absolute Gasteiger partial charge is 0.154 e. The Bertz CT molecular complexity index is 343. The van der Waals surface area contributed by atoms with E-state index in [0.29, 0.717) is 12.0 Å². The molecule has 1 aromatic heterocycles. The van der Waals surface area contributed by atoms with Crippen LogP contribution in [0, 0.1) is 5.41 Å². The average Bonchev–Trinajstić information content (AvgIpc) is 2.56. The summed E-state index contributed by atoms with van der Waals surface area (Å²) in [6, 6.07) is 0.291. The van der Waals surface area contributed by atoms with E-state index in [9.17, 15) is 0 Å². The molecular weight excluding hydrogens is 190 g/mol. The zero-order valence-corrected chi connectivity index (χ0v) is 9.64. The van der Waals surface area contributed by atoms with E-state index in [1.807, 2.05) is 7.05 Å². The molecule has 2 N–H and O–H groups in total. The van der Waals surface area contributed by atoms with Crippen molar-refractivity contribution >= 4 is 0 Å². The molecule has 1 fully saturated rings. The highest BCUT2D eigenvalue weighted by Gasteiger charge is 2.38. The molecule has 2 atom stereocenters. The van der Waals surface area contributed by atoms with Gasteiger partial charge in [-0.25, -0.2) is 4.68 Å². The van der Waals surface area contributed by atoms with Crippen LogP contribution in [0.25, 0.3) is 0 Å². The normalized spacial score (nSPS) is 30.4. The molecule has 84 valence electrons. The molecule has 2 rings (SSSR count). The van der Waals surface area contributed by atoms with Crippen LogP contribution in [0.3, 0.4) is 0 Å². The number of nitrogens with zero attached hydrogens (tertiary/aromatic N) is 4. The van der Waals surface area contributed by atoms with Gasteiger partial charge in [0, 0.05) is 19.0 Å². The third kappa shape index (κ3) is 1.88. The Morgan fingerprint density at radius 2 is 2.20 bits per heavy atom. The van der Waals surface area contributed by atoms with Crippen molar-refractivity contribution in [3.8, 4) is 0 Å². The van der Waals surface area contributed by atoms with Gasteiger partial charge in [-0.1, -0.05) is 13.8 Å². The highest BCUT2D eigenvalue weighted by molar-refractivity contribution is 5.05. The Morgan fingerprint density at radius 1 is 1.47 bits per heavy atom. The Kier molecular flexibility index (Phi) is 2.50. The maximum absolute atomic E-state index is 6.02. The Morgan fingerprint density at radius 3 is 2.80 bits per heavy atom. The Balaban J connectivity index is 2.29. The van der Waals surface area contributed by atoms with Crippen LogP contribution < -0.4 is 5.73 Å². The third-order valence-electron chi connectivity index (χ3n) is 3.61. The van der Waals surface area contributed by atoms with Gasteiger partial charge in [-0.15, -0.1) is 5.10 Å². The molecule has 0 aliphatic heterocycles. The average molecular weight is 209 g/mol. The molecule has 0 amide bonds. The van der Waals surface area contributed by atoms with Crippen LogP contribution in [-0.4, -0.2) is 26.2 Å². The first kappa shape index (κ1) is 10.5. The standard InChI is InChI=1S/C10H19N5/c1-10(2)5-4-7(11)6-8(10)9-12-13-14-15(9)3/h7-8H,4-6,11H2,1-3H3. The van der Waals surface area contributed by atoms with Gasteiger partial charge in [0.1, 0.15) is 0 Å². The van der Waals surface area contributed by atoms with Gasteiger partial charge in [-0.3, -0.25) is 0 Å². The predicted molar refractivity (Wildman–Crippen MR) is 57.1 cm³/mol. The zero-order valence-electron chi connectivity index (χ0n) is 9.64. The molecule has 1 saturated carbocycles. The van der Waals surface area contributed by atoms with Crippen LogP contribution >= 0.6 is 0 Å². The van der Waals surface area contributed by atoms with Crippen LogP contribution in [-0.2, 0) is 7.05 Å². The summed E-state index contributed by atoms with van der Waals surface area (Å²) in [5.41, 5.74) is 6.27. The fourth-order valence-corrected chi connectivity index (χ4v) is 2.46. The number of rotatable bonds is 1. The van der Waals surface area contributed by atoms with Gasteiger partial charge in [-0.2, -0.15) is 0 Å². The predicted octanol–water partition coefficient (Wildman–Crippen LogP) is 0.831. The molecule has 0 radical (unpaired) electrons. The summed E-state index contributed by atoms with van der Waals surface area (Å²) in [4.78, 5) is 0. The lowest BCUT2D eigenvalue weighted by molar-refractivity contribution is 0.173. The van der Waals surface area contributed by atoms with Crippen molar-refractivity contribution < 1.29 is 0 Å². The summed E-state index contributed by atoms with van der Waals surface area (Å²) in [5.74, 6) is 1.34. The molecule has 1 aliphatic rings. The third-order valence-corrected chi connectivity index (χ3v) is 3.61. The second-order valence-corrected chi connectivity index (χ2v) is 5.24. The first-order valence-corrected chi connectivity index (χ1v) is 5.48. The molecule has 5 nitrogen and oxygen atoms in total. The first-order valence-electron chi connectivity index (χ1n) is 5.48. The van der Waals surface area contributed by atoms with Crippen molar-refractivity contribution in [2.24, 2.45) is 18.2 Å². The van der Waals surface area contributed by atoms with E-state index >= 15 is 0 Å². The monoisotopic (exact) mass is 209 g/mol. The molecule has 0 saturated heterocycles. The Labute approximate surface area is 90.0 Å². The minimum Gasteiger partial charge on any atom is -0.328 e. The summed E-state index contributed by atoms with van der Waals surface area (Å²) >= 11 is 0. The SMILES string of the molecule is Cn1nnnc1C1CC(N)CCC1(C)C. The van der Waals surface area contributed by atoms with Gasteiger partial charge in [-0.05, 0) is 35.1 Å². The largest absolute Gasteiger partial charge is 0.328 e. The number of aryl methyl sites for hydroxylation is 1. The number of tetrazole rings is 1. The number of hydrogen-bond donors (Lipinski definition) is 1. The van der Waals surface area contributed by atoms with Gasteiger partial charge in [0.15, 0.2) is 5.82 Å². The van der Waals surface area contributed by atoms with Gasteiger partial charge < -0.3 is 5.73 Å². The van der Waals surface area contributed by atoms with E-state index in [1.54, 1.807) is 4.68 Å². The molecule has 1 aliphatic carbocycles. The summed E-state index contributed by atoms with van der Waals surface area (Å²) < 4.78 is 1.77. The quantitative estimate of drug-likeness (QED) is 0.743. The molecule has 0 aromatic carbocycles. The second kappa shape index (κ2) is 3.56. The maximum Gasteiger partial charge on any atom is 0.154 e. The molecular formula is C10H19N5. The highest BCUT2D eigenvalue weighted by Crippen LogP contribution is 2.45. The summed E-state index contributed by atoms with van der Waals surface area (Å²) in [7, 11) is 1.89. The molecule has 1 heterocycles. The van der Waals surface area contributed by atoms with Crippen molar-refractivity contribution in [3.05, 3.63) is 5.82 Å². The van der Waals surface area contributed by atoms with E-state index < -0.39 is 0 Å². The summed E-state index contributed by atoms with van der Waals surface area (Å²) in [5, 5.41) is 11.7. The van der Waals surface area contributed by atoms with E-state index in [2.05, 4.69) is 29.4 Å². The minimum atomic E-state index is 0.248. The van der Waals surface area contributed by atoms with Gasteiger partial charge in [0.05, 0.1) is 0 Å². The van der Waals surface area contributed by atoms with Crippen molar-refractivity contribution in [3.63, 3.8) is 0 Å². The topological polar surface area (TPSA) is 69.6 Å². The van der Waals surface area contributed by atoms with Gasteiger partial charge in [0.2, 0.25) is 0 Å². The van der Waals surface area contributed by atoms with Crippen LogP contribution in [0.2, 0.25) is 0 Å². The fourth-order valence-electron chi connectivity index (χ4n) is 2.46. The molecule has 1 aromatic rings. The lowest BCUT2D eigenvalue weighted by Crippen LogP contribution is -2.38. The van der Waals surface area contributed by atoms with E-state index in [4.69, 9.17) is 5.73 Å². The Hall–Kier alpha value is -0.970. The number of hydrogen-bond acceptors (Lipinski definition) is 4. The number of aromatic nitrogens is 4. The lowest BCUT2D eigenvalue weighted by Gasteiger charge is -2.40. The molecule has 0 bridgehead atoms. The van der Waals surface area contributed by atoms with Crippen LogP contribution in [0.15, 0.2) is 0 Å². The fraction of sp³-hybridized carbons (Fsp3) is 0.900. The summed E-state index contributed by atoms with van der Waals surface area (Å²) in [6.45, 7) is 4.55. The second-order valence-electron chi connectivity index (χ2n) is 5.24. The minimum absolute atomic E-state index is 0.248. The van der Waals surface area contributed by atoms with Crippen molar-refractivity contribution in [1.29, 1.82) is 0 Å². The van der Waals surface area contributed by atoms with E-state index in [0.717, 1.165) is 25.1 Å². The van der Waals surface area contributed by atoms with E-state index in [-0.39, 0.29) is 5.41 Å². The van der Waals surface area contributed by atoms with Crippen molar-refractivity contribution in [2.75, 3.05) is 0 Å². The van der Waals surface area contributed by atoms with Crippen LogP contribution in [0.5, 0.6) is 0 Å². The maximum atomic E-state index is 6.02. The zero-order chi connectivity index (χ0) is 11.1. The molecule has 15 heavy (non-hydrogen) atoms. The molecule has 2 unspecified atom stereocenters. The lowest BCUT2D eigenvalue weighted by atomic mass is 9.67. The number of nitrogens with two attached hydrogens (primary N) is 1. The van der Waals surface area contributed by atoms with Crippen molar-refractivity contribution in [1.82, 2.24) is 20.2 Å². The van der Waals surface area contributed by atoms with Gasteiger partial charge in [0.25, 0.3) is 0 Å². The highest BCUT2D eigenvalue weighted by atomic mass is 15.5. The van der Waals surface area contributed by atoms with E-state index in [1.165, 1.54) is 0 Å². The van der Waals surface area contributed by atoms with Crippen LogP contribution in [0.1, 0.15) is 44.9 Å². The molecule has 5 heteroatoms. The van der Waals surface area contributed by atoms with Gasteiger partial charge >= 0.3 is 0 Å². The summed E-state index contributed by atoms with van der Waals surface area (Å²) in [6.07, 6.45) is 3.24.